The topological polar surface area (TPSA) is 64.1 Å². The Morgan fingerprint density at radius 2 is 2.00 bits per heavy atom. The Kier molecular flexibility index (Phi) is 5.06. The normalized spacial score (nSPS) is 10.1. The van der Waals surface area contributed by atoms with Crippen LogP contribution in [0.3, 0.4) is 0 Å². The Hall–Kier alpha value is -2.43. The van der Waals surface area contributed by atoms with Crippen molar-refractivity contribution in [3.8, 4) is 5.75 Å². The lowest BCUT2D eigenvalue weighted by Crippen LogP contribution is -2.30. The Labute approximate surface area is 118 Å². The number of para-hydroxylation sites is 1. The number of aryl methyl sites for hydroxylation is 1. The van der Waals surface area contributed by atoms with E-state index in [1.165, 1.54) is 6.33 Å². The van der Waals surface area contributed by atoms with Gasteiger partial charge in [0.2, 0.25) is 0 Å². The van der Waals surface area contributed by atoms with Crippen LogP contribution in [-0.4, -0.2) is 29.0 Å². The first-order valence-corrected chi connectivity index (χ1v) is 6.45. The minimum atomic E-state index is -0.134. The van der Waals surface area contributed by atoms with Gasteiger partial charge in [0.05, 0.1) is 0 Å². The Morgan fingerprint density at radius 3 is 2.75 bits per heavy atom. The summed E-state index contributed by atoms with van der Waals surface area (Å²) in [6.07, 6.45) is 5.67. The summed E-state index contributed by atoms with van der Waals surface area (Å²) >= 11 is 0. The minimum Gasteiger partial charge on any atom is -0.484 e. The predicted octanol–water partition coefficient (Wildman–Crippen LogP) is 1.52. The number of benzene rings is 1. The second-order valence-corrected chi connectivity index (χ2v) is 4.40. The molecule has 1 aromatic heterocycles. The third-order valence-electron chi connectivity index (χ3n) is 2.80. The lowest BCUT2D eigenvalue weighted by Gasteiger charge is -2.09. The molecule has 0 saturated heterocycles. The molecule has 5 nitrogen and oxygen atoms in total. The lowest BCUT2D eigenvalue weighted by atomic mass is 10.2. The molecule has 0 saturated carbocycles. The van der Waals surface area contributed by atoms with Crippen molar-refractivity contribution in [3.05, 3.63) is 54.1 Å². The summed E-state index contributed by atoms with van der Waals surface area (Å²) in [6.45, 7) is 2.52. The first-order valence-electron chi connectivity index (χ1n) is 6.45. The van der Waals surface area contributed by atoms with E-state index in [0.29, 0.717) is 13.0 Å². The fourth-order valence-corrected chi connectivity index (χ4v) is 1.72. The monoisotopic (exact) mass is 271 g/mol. The van der Waals surface area contributed by atoms with Crippen molar-refractivity contribution in [1.82, 2.24) is 15.3 Å². The molecule has 104 valence electrons. The average Bonchev–Trinajstić information content (AvgIpc) is 2.47. The third kappa shape index (κ3) is 4.35. The molecule has 0 atom stereocenters. The number of aromatic nitrogens is 2. The first-order chi connectivity index (χ1) is 9.75. The van der Waals surface area contributed by atoms with Crippen LogP contribution in [0.5, 0.6) is 5.75 Å². The lowest BCUT2D eigenvalue weighted by molar-refractivity contribution is -0.123. The van der Waals surface area contributed by atoms with Crippen molar-refractivity contribution in [2.75, 3.05) is 13.2 Å². The van der Waals surface area contributed by atoms with Crippen molar-refractivity contribution < 1.29 is 9.53 Å². The van der Waals surface area contributed by atoms with Gasteiger partial charge in [-0.05, 0) is 30.5 Å². The number of ether oxygens (including phenoxy) is 1. The molecule has 0 radical (unpaired) electrons. The van der Waals surface area contributed by atoms with Crippen LogP contribution in [0.4, 0.5) is 0 Å². The number of carbonyl (C=O) groups excluding carboxylic acids is 1. The van der Waals surface area contributed by atoms with E-state index in [0.717, 1.165) is 16.9 Å². The molecule has 0 aliphatic heterocycles. The smallest absolute Gasteiger partial charge is 0.257 e. The maximum Gasteiger partial charge on any atom is 0.257 e. The van der Waals surface area contributed by atoms with Crippen molar-refractivity contribution in [2.45, 2.75) is 13.3 Å². The summed E-state index contributed by atoms with van der Waals surface area (Å²) in [5.74, 6) is 0.601. The van der Waals surface area contributed by atoms with Crippen LogP contribution in [0.25, 0.3) is 0 Å². The molecule has 0 spiro atoms. The zero-order chi connectivity index (χ0) is 14.2. The highest BCUT2D eigenvalue weighted by atomic mass is 16.5. The molecule has 0 aliphatic rings. The fourth-order valence-electron chi connectivity index (χ4n) is 1.72. The van der Waals surface area contributed by atoms with E-state index in [-0.39, 0.29) is 12.5 Å². The Bertz CT molecular complexity index is 558. The molecule has 5 heteroatoms. The van der Waals surface area contributed by atoms with E-state index < -0.39 is 0 Å². The van der Waals surface area contributed by atoms with E-state index >= 15 is 0 Å². The first kappa shape index (κ1) is 14.0. The van der Waals surface area contributed by atoms with Crippen LogP contribution in [0.2, 0.25) is 0 Å². The number of amides is 1. The summed E-state index contributed by atoms with van der Waals surface area (Å²) in [6, 6.07) is 7.62. The van der Waals surface area contributed by atoms with Gasteiger partial charge in [-0.2, -0.15) is 0 Å². The molecule has 1 aromatic carbocycles. The van der Waals surface area contributed by atoms with Crippen LogP contribution >= 0.6 is 0 Å². The molecule has 1 N–H and O–H groups in total. The molecule has 2 rings (SSSR count). The van der Waals surface area contributed by atoms with Crippen molar-refractivity contribution in [3.63, 3.8) is 0 Å². The largest absolute Gasteiger partial charge is 0.484 e. The van der Waals surface area contributed by atoms with Gasteiger partial charge < -0.3 is 10.1 Å². The second-order valence-electron chi connectivity index (χ2n) is 4.40. The average molecular weight is 271 g/mol. The van der Waals surface area contributed by atoms with E-state index in [4.69, 9.17) is 4.74 Å². The molecule has 2 aromatic rings. The molecule has 20 heavy (non-hydrogen) atoms. The summed E-state index contributed by atoms with van der Waals surface area (Å²) in [7, 11) is 0. The van der Waals surface area contributed by atoms with Crippen molar-refractivity contribution in [1.29, 1.82) is 0 Å². The number of hydrogen-bond donors (Lipinski definition) is 1. The molecule has 0 fully saturated rings. The van der Waals surface area contributed by atoms with Crippen LogP contribution in [0.1, 0.15) is 11.1 Å². The zero-order valence-electron chi connectivity index (χ0n) is 11.4. The van der Waals surface area contributed by atoms with Gasteiger partial charge in [-0.3, -0.25) is 4.79 Å². The Balaban J connectivity index is 1.70. The molecule has 0 unspecified atom stereocenters. The van der Waals surface area contributed by atoms with Crippen molar-refractivity contribution in [2.24, 2.45) is 0 Å². The number of hydrogen-bond acceptors (Lipinski definition) is 4. The number of nitrogens with one attached hydrogen (secondary N) is 1. The van der Waals surface area contributed by atoms with Crippen LogP contribution in [0, 0.1) is 6.92 Å². The highest BCUT2D eigenvalue weighted by molar-refractivity contribution is 5.77. The quantitative estimate of drug-likeness (QED) is 0.865. The van der Waals surface area contributed by atoms with Gasteiger partial charge in [0.25, 0.3) is 5.91 Å². The highest BCUT2D eigenvalue weighted by Gasteiger charge is 2.04. The minimum absolute atomic E-state index is 0.0240. The fraction of sp³-hybridized carbons (Fsp3) is 0.267. The third-order valence-corrected chi connectivity index (χ3v) is 2.80. The van der Waals surface area contributed by atoms with Crippen LogP contribution < -0.4 is 10.1 Å². The highest BCUT2D eigenvalue weighted by Crippen LogP contribution is 2.15. The number of nitrogens with zero attached hydrogens (tertiary/aromatic N) is 2. The van der Waals surface area contributed by atoms with Gasteiger partial charge in [0, 0.05) is 18.9 Å². The number of carbonyl (C=O) groups is 1. The zero-order valence-corrected chi connectivity index (χ0v) is 11.4. The summed E-state index contributed by atoms with van der Waals surface area (Å²) < 4.78 is 5.46. The van der Waals surface area contributed by atoms with Crippen LogP contribution in [0.15, 0.2) is 43.0 Å². The van der Waals surface area contributed by atoms with Gasteiger partial charge in [0.15, 0.2) is 6.61 Å². The van der Waals surface area contributed by atoms with E-state index in [1.54, 1.807) is 12.4 Å². The second kappa shape index (κ2) is 7.23. The van der Waals surface area contributed by atoms with Gasteiger partial charge in [-0.1, -0.05) is 18.2 Å². The molecule has 1 heterocycles. The molecule has 0 bridgehead atoms. The molecular formula is C15H17N3O2. The SMILES string of the molecule is Cc1ccccc1OCC(=O)NCCc1cncnc1. The Morgan fingerprint density at radius 1 is 1.25 bits per heavy atom. The molecular weight excluding hydrogens is 254 g/mol. The molecule has 0 aliphatic carbocycles. The molecule has 1 amide bonds. The van der Waals surface area contributed by atoms with Gasteiger partial charge in [0.1, 0.15) is 12.1 Å². The standard InChI is InChI=1S/C15H17N3O2/c1-12-4-2-3-5-14(12)20-10-15(19)18-7-6-13-8-16-11-17-9-13/h2-5,8-9,11H,6-7,10H2,1H3,(H,18,19). The summed E-state index contributed by atoms with van der Waals surface area (Å²) in [5.41, 5.74) is 2.01. The van der Waals surface area contributed by atoms with Crippen LogP contribution in [-0.2, 0) is 11.2 Å². The van der Waals surface area contributed by atoms with Gasteiger partial charge in [-0.25, -0.2) is 9.97 Å². The van der Waals surface area contributed by atoms with E-state index in [1.807, 2.05) is 31.2 Å². The van der Waals surface area contributed by atoms with E-state index in [2.05, 4.69) is 15.3 Å². The van der Waals surface area contributed by atoms with E-state index in [9.17, 15) is 4.79 Å². The summed E-state index contributed by atoms with van der Waals surface area (Å²) in [5, 5.41) is 2.80. The predicted molar refractivity (Wildman–Crippen MR) is 75.4 cm³/mol. The van der Waals surface area contributed by atoms with Gasteiger partial charge >= 0.3 is 0 Å². The summed E-state index contributed by atoms with van der Waals surface area (Å²) in [4.78, 5) is 19.5. The maximum absolute atomic E-state index is 11.7. The van der Waals surface area contributed by atoms with Gasteiger partial charge in [-0.15, -0.1) is 0 Å². The van der Waals surface area contributed by atoms with Crippen molar-refractivity contribution >= 4 is 5.91 Å². The maximum atomic E-state index is 11.7. The number of rotatable bonds is 6.